The van der Waals surface area contributed by atoms with Crippen LogP contribution < -0.4 is 5.32 Å². The third-order valence-electron chi connectivity index (χ3n) is 2.72. The Hall–Kier alpha value is -1.89. The lowest BCUT2D eigenvalue weighted by Gasteiger charge is -2.05. The van der Waals surface area contributed by atoms with E-state index in [9.17, 15) is 13.2 Å². The average molecular weight is 284 g/mol. The molecule has 4 nitrogen and oxygen atoms in total. The molecule has 20 heavy (non-hydrogen) atoms. The van der Waals surface area contributed by atoms with Crippen LogP contribution in [0.3, 0.4) is 0 Å². The van der Waals surface area contributed by atoms with Gasteiger partial charge in [-0.3, -0.25) is 9.67 Å². The van der Waals surface area contributed by atoms with Gasteiger partial charge in [0.1, 0.15) is 0 Å². The number of hydrogen-bond acceptors (Lipinski definition) is 3. The highest BCUT2D eigenvalue weighted by molar-refractivity contribution is 5.14. The van der Waals surface area contributed by atoms with Crippen molar-refractivity contribution in [2.75, 3.05) is 6.54 Å². The molecule has 0 aliphatic rings. The Morgan fingerprint density at radius 1 is 1.25 bits per heavy atom. The fraction of sp³-hybridized carbons (Fsp3) is 0.385. The van der Waals surface area contributed by atoms with Crippen LogP contribution in [0.25, 0.3) is 0 Å². The summed E-state index contributed by atoms with van der Waals surface area (Å²) >= 11 is 0. The highest BCUT2D eigenvalue weighted by Crippen LogP contribution is 2.27. The van der Waals surface area contributed by atoms with Crippen molar-refractivity contribution in [2.24, 2.45) is 0 Å². The van der Waals surface area contributed by atoms with Crippen LogP contribution in [0, 0.1) is 0 Å². The van der Waals surface area contributed by atoms with Crippen molar-refractivity contribution < 1.29 is 13.2 Å². The maximum atomic E-state index is 12.4. The second-order valence-electron chi connectivity index (χ2n) is 4.33. The van der Waals surface area contributed by atoms with Crippen LogP contribution in [0.5, 0.6) is 0 Å². The molecule has 0 saturated carbocycles. The molecule has 2 rings (SSSR count). The summed E-state index contributed by atoms with van der Waals surface area (Å²) < 4.78 is 38.5. The molecular formula is C13H15F3N4. The maximum absolute atomic E-state index is 12.4. The second-order valence-corrected chi connectivity index (χ2v) is 4.33. The summed E-state index contributed by atoms with van der Waals surface area (Å²) in [6.45, 7) is 3.83. The normalized spacial score (nSPS) is 11.8. The van der Waals surface area contributed by atoms with Crippen LogP contribution in [0.4, 0.5) is 13.2 Å². The standard InChI is InChI=1S/C13H15F3N4/c1-2-17-7-10-3-4-11(18-8-10)9-20-6-5-12(19-20)13(14,15)16/h3-6,8,17H,2,7,9H2,1H3. The first-order chi connectivity index (χ1) is 9.49. The fourth-order valence-corrected chi connectivity index (χ4v) is 1.69. The lowest BCUT2D eigenvalue weighted by Crippen LogP contribution is -2.12. The van der Waals surface area contributed by atoms with Gasteiger partial charge in [-0.05, 0) is 24.2 Å². The van der Waals surface area contributed by atoms with Crippen LogP contribution in [0.15, 0.2) is 30.6 Å². The van der Waals surface area contributed by atoms with Gasteiger partial charge >= 0.3 is 6.18 Å². The summed E-state index contributed by atoms with van der Waals surface area (Å²) in [5.41, 5.74) is 0.815. The monoisotopic (exact) mass is 284 g/mol. The van der Waals surface area contributed by atoms with Gasteiger partial charge in [-0.2, -0.15) is 18.3 Å². The van der Waals surface area contributed by atoms with E-state index in [-0.39, 0.29) is 6.54 Å². The zero-order valence-electron chi connectivity index (χ0n) is 11.0. The average Bonchev–Trinajstić information content (AvgIpc) is 2.86. The molecule has 0 aromatic carbocycles. The Bertz CT molecular complexity index is 545. The highest BCUT2D eigenvalue weighted by Gasteiger charge is 2.33. The minimum Gasteiger partial charge on any atom is -0.313 e. The van der Waals surface area contributed by atoms with Crippen LogP contribution in [0.2, 0.25) is 0 Å². The maximum Gasteiger partial charge on any atom is 0.435 e. The van der Waals surface area contributed by atoms with Gasteiger partial charge < -0.3 is 5.32 Å². The molecule has 108 valence electrons. The number of aromatic nitrogens is 3. The van der Waals surface area contributed by atoms with Crippen molar-refractivity contribution >= 4 is 0 Å². The van der Waals surface area contributed by atoms with Gasteiger partial charge in [-0.15, -0.1) is 0 Å². The van der Waals surface area contributed by atoms with Crippen molar-refractivity contribution in [3.8, 4) is 0 Å². The van der Waals surface area contributed by atoms with E-state index in [1.807, 2.05) is 13.0 Å². The van der Waals surface area contributed by atoms with Crippen molar-refractivity contribution in [1.82, 2.24) is 20.1 Å². The van der Waals surface area contributed by atoms with E-state index in [1.54, 1.807) is 12.3 Å². The van der Waals surface area contributed by atoms with E-state index in [2.05, 4.69) is 15.4 Å². The molecule has 0 spiro atoms. The Morgan fingerprint density at radius 2 is 2.05 bits per heavy atom. The SMILES string of the molecule is CCNCc1ccc(Cn2ccc(C(F)(F)F)n2)nc1. The predicted octanol–water partition coefficient (Wildman–Crippen LogP) is 2.45. The van der Waals surface area contributed by atoms with E-state index in [1.165, 1.54) is 10.9 Å². The summed E-state index contributed by atoms with van der Waals surface area (Å²) in [5, 5.41) is 6.66. The Labute approximate surface area is 114 Å². The molecule has 7 heteroatoms. The van der Waals surface area contributed by atoms with Crippen LogP contribution in [-0.4, -0.2) is 21.3 Å². The van der Waals surface area contributed by atoms with Crippen molar-refractivity contribution in [3.05, 3.63) is 47.5 Å². The summed E-state index contributed by atoms with van der Waals surface area (Å²) in [4.78, 5) is 4.22. The molecule has 0 aliphatic carbocycles. The van der Waals surface area contributed by atoms with Crippen LogP contribution >= 0.6 is 0 Å². The first-order valence-electron chi connectivity index (χ1n) is 6.24. The summed E-state index contributed by atoms with van der Waals surface area (Å²) in [6, 6.07) is 4.65. The van der Waals surface area contributed by atoms with E-state index < -0.39 is 11.9 Å². The van der Waals surface area contributed by atoms with Gasteiger partial charge in [0.2, 0.25) is 0 Å². The van der Waals surface area contributed by atoms with E-state index >= 15 is 0 Å². The van der Waals surface area contributed by atoms with Crippen molar-refractivity contribution in [2.45, 2.75) is 26.2 Å². The number of rotatable bonds is 5. The van der Waals surface area contributed by atoms with Gasteiger partial charge in [0, 0.05) is 18.9 Å². The summed E-state index contributed by atoms with van der Waals surface area (Å²) in [5.74, 6) is 0. The van der Waals surface area contributed by atoms with Gasteiger partial charge in [-0.1, -0.05) is 13.0 Å². The number of nitrogens with zero attached hydrogens (tertiary/aromatic N) is 3. The molecule has 0 atom stereocenters. The molecule has 2 heterocycles. The lowest BCUT2D eigenvalue weighted by atomic mass is 10.2. The Morgan fingerprint density at radius 3 is 2.60 bits per heavy atom. The smallest absolute Gasteiger partial charge is 0.313 e. The predicted molar refractivity (Wildman–Crippen MR) is 67.9 cm³/mol. The summed E-state index contributed by atoms with van der Waals surface area (Å²) in [7, 11) is 0. The van der Waals surface area contributed by atoms with Crippen molar-refractivity contribution in [3.63, 3.8) is 0 Å². The van der Waals surface area contributed by atoms with Gasteiger partial charge in [0.05, 0.1) is 12.2 Å². The minimum absolute atomic E-state index is 0.220. The number of halogens is 3. The summed E-state index contributed by atoms with van der Waals surface area (Å²) in [6.07, 6.45) is -1.39. The van der Waals surface area contributed by atoms with E-state index in [0.717, 1.165) is 24.7 Å². The Kier molecular flexibility index (Phi) is 4.39. The molecule has 0 bridgehead atoms. The molecular weight excluding hydrogens is 269 g/mol. The lowest BCUT2D eigenvalue weighted by molar-refractivity contribution is -0.141. The van der Waals surface area contributed by atoms with Crippen LogP contribution in [-0.2, 0) is 19.3 Å². The number of alkyl halides is 3. The molecule has 0 saturated heterocycles. The molecule has 0 aliphatic heterocycles. The number of hydrogen-bond donors (Lipinski definition) is 1. The molecule has 0 unspecified atom stereocenters. The molecule has 2 aromatic rings. The number of pyridine rings is 1. The minimum atomic E-state index is -4.41. The fourth-order valence-electron chi connectivity index (χ4n) is 1.69. The Balaban J connectivity index is 2.01. The van der Waals surface area contributed by atoms with Gasteiger partial charge in [-0.25, -0.2) is 0 Å². The zero-order valence-corrected chi connectivity index (χ0v) is 11.0. The van der Waals surface area contributed by atoms with Crippen molar-refractivity contribution in [1.29, 1.82) is 0 Å². The van der Waals surface area contributed by atoms with Gasteiger partial charge in [0.25, 0.3) is 0 Å². The number of nitrogens with one attached hydrogen (secondary N) is 1. The van der Waals surface area contributed by atoms with E-state index in [4.69, 9.17) is 0 Å². The molecule has 1 N–H and O–H groups in total. The topological polar surface area (TPSA) is 42.7 Å². The van der Waals surface area contributed by atoms with E-state index in [0.29, 0.717) is 5.69 Å². The third-order valence-corrected chi connectivity index (χ3v) is 2.72. The first kappa shape index (κ1) is 14.5. The largest absolute Gasteiger partial charge is 0.435 e. The van der Waals surface area contributed by atoms with Gasteiger partial charge in [0.15, 0.2) is 5.69 Å². The molecule has 2 aromatic heterocycles. The quantitative estimate of drug-likeness (QED) is 0.917. The molecule has 0 fully saturated rings. The zero-order chi connectivity index (χ0) is 14.6. The van der Waals surface area contributed by atoms with Crippen LogP contribution in [0.1, 0.15) is 23.9 Å². The second kappa shape index (κ2) is 6.04. The third kappa shape index (κ3) is 3.80. The molecule has 0 amide bonds. The first-order valence-corrected chi connectivity index (χ1v) is 6.24. The molecule has 0 radical (unpaired) electrons. The highest BCUT2D eigenvalue weighted by atomic mass is 19.4.